The van der Waals surface area contributed by atoms with E-state index in [0.29, 0.717) is 18.7 Å². The van der Waals surface area contributed by atoms with Gasteiger partial charge in [0.05, 0.1) is 0 Å². The number of nitrogens with one attached hydrogen (secondary N) is 1. The van der Waals surface area contributed by atoms with Crippen LogP contribution in [0.15, 0.2) is 24.3 Å². The number of rotatable bonds is 4. The van der Waals surface area contributed by atoms with Crippen molar-refractivity contribution in [3.8, 4) is 0 Å². The first kappa shape index (κ1) is 14.3. The lowest BCUT2D eigenvalue weighted by molar-refractivity contribution is -0.156. The van der Waals surface area contributed by atoms with E-state index in [2.05, 4.69) is 27.9 Å². The lowest BCUT2D eigenvalue weighted by atomic mass is 10.2. The second-order valence-electron chi connectivity index (χ2n) is 4.16. The topological polar surface area (TPSA) is 64.6 Å². The molecule has 0 aromatic heterocycles. The van der Waals surface area contributed by atoms with Gasteiger partial charge in [0.15, 0.2) is 12.7 Å². The zero-order chi connectivity index (χ0) is 13.7. The van der Waals surface area contributed by atoms with Gasteiger partial charge in [-0.1, -0.05) is 0 Å². The largest absolute Gasteiger partial charge is 0.454 e. The van der Waals surface area contributed by atoms with Crippen LogP contribution in [0.1, 0.15) is 12.8 Å². The lowest BCUT2D eigenvalue weighted by Gasteiger charge is -2.10. The van der Waals surface area contributed by atoms with Gasteiger partial charge in [-0.15, -0.1) is 0 Å². The number of anilines is 1. The van der Waals surface area contributed by atoms with E-state index >= 15 is 0 Å². The average Bonchev–Trinajstić information content (AvgIpc) is 2.93. The van der Waals surface area contributed by atoms with Crippen LogP contribution >= 0.6 is 22.6 Å². The summed E-state index contributed by atoms with van der Waals surface area (Å²) in [5.74, 6) is -0.817. The van der Waals surface area contributed by atoms with Gasteiger partial charge in [-0.25, -0.2) is 4.79 Å². The van der Waals surface area contributed by atoms with Crippen molar-refractivity contribution in [2.24, 2.45) is 0 Å². The van der Waals surface area contributed by atoms with Gasteiger partial charge in [0.2, 0.25) is 0 Å². The van der Waals surface area contributed by atoms with E-state index in [1.165, 1.54) is 0 Å². The molecule has 0 radical (unpaired) electrons. The highest BCUT2D eigenvalue weighted by Crippen LogP contribution is 2.13. The molecule has 1 aliphatic heterocycles. The molecule has 1 saturated heterocycles. The molecular weight excluding hydrogens is 361 g/mol. The van der Waals surface area contributed by atoms with Crippen molar-refractivity contribution in [3.63, 3.8) is 0 Å². The summed E-state index contributed by atoms with van der Waals surface area (Å²) in [6, 6.07) is 7.35. The molecule has 0 saturated carbocycles. The van der Waals surface area contributed by atoms with E-state index in [0.717, 1.165) is 9.99 Å². The van der Waals surface area contributed by atoms with Gasteiger partial charge < -0.3 is 14.8 Å². The molecule has 1 fully saturated rings. The summed E-state index contributed by atoms with van der Waals surface area (Å²) >= 11 is 2.18. The third kappa shape index (κ3) is 4.46. The molecule has 0 aliphatic carbocycles. The Morgan fingerprint density at radius 2 is 2.11 bits per heavy atom. The van der Waals surface area contributed by atoms with Crippen molar-refractivity contribution >= 4 is 40.2 Å². The molecule has 1 heterocycles. The second kappa shape index (κ2) is 6.85. The molecular formula is C13H14INO4. The Morgan fingerprint density at radius 1 is 1.37 bits per heavy atom. The molecule has 0 spiro atoms. The molecule has 0 unspecified atom stereocenters. The Morgan fingerprint density at radius 3 is 2.74 bits per heavy atom. The molecule has 1 atom stereocenters. The lowest BCUT2D eigenvalue weighted by Crippen LogP contribution is -2.27. The van der Waals surface area contributed by atoms with E-state index in [1.807, 2.05) is 12.1 Å². The van der Waals surface area contributed by atoms with Crippen LogP contribution < -0.4 is 5.32 Å². The van der Waals surface area contributed by atoms with Crippen molar-refractivity contribution in [3.05, 3.63) is 27.8 Å². The third-order valence-corrected chi connectivity index (χ3v) is 3.39. The maximum atomic E-state index is 11.6. The van der Waals surface area contributed by atoms with Gasteiger partial charge in [0, 0.05) is 15.9 Å². The number of halogens is 1. The SMILES string of the molecule is O=C(COC(=O)[C@@H]1CCCO1)Nc1ccc(I)cc1. The van der Waals surface area contributed by atoms with Crippen molar-refractivity contribution in [1.29, 1.82) is 0 Å². The third-order valence-electron chi connectivity index (χ3n) is 2.67. The monoisotopic (exact) mass is 375 g/mol. The number of esters is 1. The number of hydrogen-bond donors (Lipinski definition) is 1. The second-order valence-corrected chi connectivity index (χ2v) is 5.41. The van der Waals surface area contributed by atoms with Gasteiger partial charge >= 0.3 is 5.97 Å². The number of ether oxygens (including phenoxy) is 2. The first-order chi connectivity index (χ1) is 9.15. The van der Waals surface area contributed by atoms with Crippen LogP contribution in [0.5, 0.6) is 0 Å². The van der Waals surface area contributed by atoms with Crippen molar-refractivity contribution in [1.82, 2.24) is 0 Å². The fourth-order valence-corrected chi connectivity index (χ4v) is 2.08. The van der Waals surface area contributed by atoms with E-state index < -0.39 is 12.1 Å². The number of carbonyl (C=O) groups excluding carboxylic acids is 2. The maximum absolute atomic E-state index is 11.6. The summed E-state index contributed by atoms with van der Waals surface area (Å²) in [7, 11) is 0. The van der Waals surface area contributed by atoms with Gasteiger partial charge in [-0.3, -0.25) is 4.79 Å². The highest BCUT2D eigenvalue weighted by atomic mass is 127. The van der Waals surface area contributed by atoms with Crippen LogP contribution in [0.25, 0.3) is 0 Å². The van der Waals surface area contributed by atoms with Crippen LogP contribution in [-0.4, -0.2) is 31.2 Å². The zero-order valence-electron chi connectivity index (χ0n) is 10.2. The van der Waals surface area contributed by atoms with Crippen LogP contribution in [0.2, 0.25) is 0 Å². The Hall–Kier alpha value is -1.15. The molecule has 6 heteroatoms. The molecule has 1 amide bonds. The maximum Gasteiger partial charge on any atom is 0.335 e. The minimum Gasteiger partial charge on any atom is -0.454 e. The van der Waals surface area contributed by atoms with E-state index in [9.17, 15) is 9.59 Å². The molecule has 19 heavy (non-hydrogen) atoms. The van der Waals surface area contributed by atoms with Crippen molar-refractivity contribution < 1.29 is 19.1 Å². The predicted molar refractivity (Wildman–Crippen MR) is 77.7 cm³/mol. The predicted octanol–water partition coefficient (Wildman–Crippen LogP) is 1.95. The van der Waals surface area contributed by atoms with Gasteiger partial charge in [-0.2, -0.15) is 0 Å². The summed E-state index contributed by atoms with van der Waals surface area (Å²) in [5, 5.41) is 2.65. The van der Waals surface area contributed by atoms with Crippen LogP contribution in [0.4, 0.5) is 5.69 Å². The first-order valence-electron chi connectivity index (χ1n) is 5.99. The molecule has 0 bridgehead atoms. The molecule has 102 valence electrons. The van der Waals surface area contributed by atoms with Crippen LogP contribution in [-0.2, 0) is 19.1 Å². The first-order valence-corrected chi connectivity index (χ1v) is 7.07. The summed E-state index contributed by atoms with van der Waals surface area (Å²) in [6.45, 7) is 0.291. The molecule has 1 aromatic carbocycles. The molecule has 2 rings (SSSR count). The molecule has 1 N–H and O–H groups in total. The Bertz CT molecular complexity index is 454. The number of benzene rings is 1. The smallest absolute Gasteiger partial charge is 0.335 e. The molecule has 1 aliphatic rings. The number of amides is 1. The summed E-state index contributed by atoms with van der Waals surface area (Å²) in [4.78, 5) is 23.1. The Kier molecular flexibility index (Phi) is 5.15. The van der Waals surface area contributed by atoms with Crippen LogP contribution in [0, 0.1) is 3.57 Å². The van der Waals surface area contributed by atoms with E-state index in [-0.39, 0.29) is 12.5 Å². The molecule has 1 aromatic rings. The van der Waals surface area contributed by atoms with Gasteiger partial charge in [0.1, 0.15) is 0 Å². The van der Waals surface area contributed by atoms with Crippen molar-refractivity contribution in [2.45, 2.75) is 18.9 Å². The molecule has 5 nitrogen and oxygen atoms in total. The fraction of sp³-hybridized carbons (Fsp3) is 0.385. The fourth-order valence-electron chi connectivity index (χ4n) is 1.72. The quantitative estimate of drug-likeness (QED) is 0.646. The summed E-state index contributed by atoms with van der Waals surface area (Å²) < 4.78 is 11.2. The minimum atomic E-state index is -0.508. The number of hydrogen-bond acceptors (Lipinski definition) is 4. The van der Waals surface area contributed by atoms with Crippen LogP contribution in [0.3, 0.4) is 0 Å². The van der Waals surface area contributed by atoms with Gasteiger partial charge in [-0.05, 0) is 59.7 Å². The average molecular weight is 375 g/mol. The van der Waals surface area contributed by atoms with Gasteiger partial charge in [0.25, 0.3) is 5.91 Å². The highest BCUT2D eigenvalue weighted by molar-refractivity contribution is 14.1. The van der Waals surface area contributed by atoms with E-state index in [4.69, 9.17) is 9.47 Å². The van der Waals surface area contributed by atoms with Crippen molar-refractivity contribution in [2.75, 3.05) is 18.5 Å². The zero-order valence-corrected chi connectivity index (χ0v) is 12.4. The standard InChI is InChI=1S/C13H14INO4/c14-9-3-5-10(6-4-9)15-12(16)8-19-13(17)11-2-1-7-18-11/h3-6,11H,1-2,7-8H2,(H,15,16)/t11-/m0/s1. The number of carbonyl (C=O) groups is 2. The Balaban J connectivity index is 1.75. The van der Waals surface area contributed by atoms with E-state index in [1.54, 1.807) is 12.1 Å². The Labute approximate surface area is 124 Å². The minimum absolute atomic E-state index is 0.287. The normalized spacial score (nSPS) is 18.1. The highest BCUT2D eigenvalue weighted by Gasteiger charge is 2.25. The summed E-state index contributed by atoms with van der Waals surface area (Å²) in [5.41, 5.74) is 0.679. The summed E-state index contributed by atoms with van der Waals surface area (Å²) in [6.07, 6.45) is 1.01.